The predicted molar refractivity (Wildman–Crippen MR) is 89.5 cm³/mol. The first-order valence-electron chi connectivity index (χ1n) is 7.24. The van der Waals surface area contributed by atoms with Gasteiger partial charge in [0, 0.05) is 18.1 Å². The topological polar surface area (TPSA) is 70.3 Å². The number of aromatic nitrogens is 3. The minimum Gasteiger partial charge on any atom is -0.486 e. The van der Waals surface area contributed by atoms with E-state index < -0.39 is 0 Å². The molecule has 4 rings (SSSR count). The molecule has 8 heteroatoms. The van der Waals surface area contributed by atoms with Crippen LogP contribution in [0.4, 0.5) is 0 Å². The van der Waals surface area contributed by atoms with Gasteiger partial charge in [-0.15, -0.1) is 10.2 Å². The summed E-state index contributed by atoms with van der Waals surface area (Å²) >= 11 is 7.67. The number of halogens is 1. The summed E-state index contributed by atoms with van der Waals surface area (Å²) in [6.45, 7) is 1.04. The Balaban J connectivity index is 1.48. The smallest absolute Gasteiger partial charge is 0.277 e. The number of hydrogen-bond donors (Lipinski definition) is 0. The first kappa shape index (κ1) is 15.3. The maximum atomic E-state index is 6.24. The minimum atomic E-state index is 0.450. The van der Waals surface area contributed by atoms with E-state index in [-0.39, 0.29) is 0 Å². The number of rotatable bonds is 4. The van der Waals surface area contributed by atoms with Crippen molar-refractivity contribution < 1.29 is 13.9 Å². The molecule has 0 saturated carbocycles. The maximum Gasteiger partial charge on any atom is 0.277 e. The van der Waals surface area contributed by atoms with Crippen molar-refractivity contribution in [2.45, 2.75) is 11.0 Å². The molecular weight excluding hydrogens is 350 g/mol. The Bertz CT molecular complexity index is 857. The highest BCUT2D eigenvalue weighted by molar-refractivity contribution is 7.98. The monoisotopic (exact) mass is 361 g/mol. The van der Waals surface area contributed by atoms with Gasteiger partial charge in [0.1, 0.15) is 13.2 Å². The second-order valence-electron chi connectivity index (χ2n) is 5.01. The van der Waals surface area contributed by atoms with Crippen LogP contribution in [-0.4, -0.2) is 28.4 Å². The zero-order chi connectivity index (χ0) is 16.4. The summed E-state index contributed by atoms with van der Waals surface area (Å²) in [6.07, 6.45) is 3.38. The average Bonchev–Trinajstić information content (AvgIpc) is 3.10. The molecule has 3 heterocycles. The molecule has 1 aliphatic heterocycles. The van der Waals surface area contributed by atoms with Crippen LogP contribution in [0.25, 0.3) is 11.5 Å². The summed E-state index contributed by atoms with van der Waals surface area (Å²) < 4.78 is 16.7. The van der Waals surface area contributed by atoms with E-state index >= 15 is 0 Å². The van der Waals surface area contributed by atoms with Gasteiger partial charge in [-0.2, -0.15) is 0 Å². The molecular formula is C16H12ClN3O3S. The van der Waals surface area contributed by atoms with Gasteiger partial charge in [0.25, 0.3) is 5.22 Å². The zero-order valence-electron chi connectivity index (χ0n) is 12.4. The van der Waals surface area contributed by atoms with Crippen LogP contribution in [0.15, 0.2) is 46.3 Å². The molecule has 122 valence electrons. The Kier molecular flexibility index (Phi) is 4.27. The van der Waals surface area contributed by atoms with Crippen LogP contribution in [0.5, 0.6) is 11.5 Å². The molecule has 2 aromatic heterocycles. The van der Waals surface area contributed by atoms with Gasteiger partial charge in [-0.3, -0.25) is 4.98 Å². The number of ether oxygens (including phenoxy) is 2. The molecule has 24 heavy (non-hydrogen) atoms. The number of hydrogen-bond acceptors (Lipinski definition) is 7. The van der Waals surface area contributed by atoms with E-state index in [1.54, 1.807) is 12.4 Å². The SMILES string of the molecule is Clc1cc(CSc2nnc(-c3cccnc3)o2)cc2c1OCCO2. The highest BCUT2D eigenvalue weighted by Gasteiger charge is 2.17. The lowest BCUT2D eigenvalue weighted by Gasteiger charge is -2.20. The van der Waals surface area contributed by atoms with Crippen molar-refractivity contribution in [1.82, 2.24) is 15.2 Å². The molecule has 0 amide bonds. The van der Waals surface area contributed by atoms with Crippen LogP contribution < -0.4 is 9.47 Å². The second-order valence-corrected chi connectivity index (χ2v) is 6.34. The van der Waals surface area contributed by atoms with Crippen molar-refractivity contribution in [2.24, 2.45) is 0 Å². The largest absolute Gasteiger partial charge is 0.486 e. The van der Waals surface area contributed by atoms with Crippen molar-refractivity contribution >= 4 is 23.4 Å². The highest BCUT2D eigenvalue weighted by atomic mass is 35.5. The van der Waals surface area contributed by atoms with Crippen molar-refractivity contribution in [3.8, 4) is 23.0 Å². The molecule has 1 aliphatic rings. The number of pyridine rings is 1. The maximum absolute atomic E-state index is 6.24. The number of thioether (sulfide) groups is 1. The average molecular weight is 362 g/mol. The summed E-state index contributed by atoms with van der Waals surface area (Å²) in [6, 6.07) is 7.48. The minimum absolute atomic E-state index is 0.450. The Morgan fingerprint density at radius 2 is 2.08 bits per heavy atom. The molecule has 0 N–H and O–H groups in total. The third kappa shape index (κ3) is 3.18. The standard InChI is InChI=1S/C16H12ClN3O3S/c17-12-6-10(7-13-14(12)22-5-4-21-13)9-24-16-20-19-15(23-16)11-2-1-3-18-8-11/h1-3,6-8H,4-5,9H2. The van der Waals surface area contributed by atoms with E-state index in [1.165, 1.54) is 11.8 Å². The van der Waals surface area contributed by atoms with Gasteiger partial charge in [0.2, 0.25) is 5.89 Å². The first-order chi connectivity index (χ1) is 11.8. The van der Waals surface area contributed by atoms with E-state index in [9.17, 15) is 0 Å². The second kappa shape index (κ2) is 6.70. The molecule has 0 fully saturated rings. The molecule has 6 nitrogen and oxygen atoms in total. The summed E-state index contributed by atoms with van der Waals surface area (Å²) in [5.41, 5.74) is 1.79. The van der Waals surface area contributed by atoms with Gasteiger partial charge in [0.05, 0.1) is 10.6 Å². The molecule has 0 aliphatic carbocycles. The molecule has 0 bridgehead atoms. The van der Waals surface area contributed by atoms with Crippen LogP contribution in [-0.2, 0) is 5.75 Å². The van der Waals surface area contributed by atoms with E-state index in [1.807, 2.05) is 24.3 Å². The summed E-state index contributed by atoms with van der Waals surface area (Å²) in [5, 5.41) is 9.12. The highest BCUT2D eigenvalue weighted by Crippen LogP contribution is 2.39. The van der Waals surface area contributed by atoms with E-state index in [2.05, 4.69) is 15.2 Å². The fourth-order valence-electron chi connectivity index (χ4n) is 2.27. The lowest BCUT2D eigenvalue weighted by atomic mass is 10.2. The van der Waals surface area contributed by atoms with Crippen LogP contribution in [0.1, 0.15) is 5.56 Å². The van der Waals surface area contributed by atoms with E-state index in [0.717, 1.165) is 11.1 Å². The third-order valence-corrected chi connectivity index (χ3v) is 4.50. The zero-order valence-corrected chi connectivity index (χ0v) is 14.0. The first-order valence-corrected chi connectivity index (χ1v) is 8.61. The fourth-order valence-corrected chi connectivity index (χ4v) is 3.25. The van der Waals surface area contributed by atoms with Crippen molar-refractivity contribution in [3.63, 3.8) is 0 Å². The summed E-state index contributed by atoms with van der Waals surface area (Å²) in [4.78, 5) is 4.04. The Hall–Kier alpha value is -2.25. The molecule has 3 aromatic rings. The Morgan fingerprint density at radius 3 is 2.96 bits per heavy atom. The van der Waals surface area contributed by atoms with Crippen molar-refractivity contribution in [3.05, 3.63) is 47.2 Å². The van der Waals surface area contributed by atoms with Crippen LogP contribution >= 0.6 is 23.4 Å². The quantitative estimate of drug-likeness (QED) is 0.653. The van der Waals surface area contributed by atoms with Crippen molar-refractivity contribution in [1.29, 1.82) is 0 Å². The summed E-state index contributed by atoms with van der Waals surface area (Å²) in [5.74, 6) is 2.36. The number of fused-ring (bicyclic) bond motifs is 1. The van der Waals surface area contributed by atoms with Gasteiger partial charge >= 0.3 is 0 Å². The fraction of sp³-hybridized carbons (Fsp3) is 0.188. The molecule has 0 atom stereocenters. The van der Waals surface area contributed by atoms with Gasteiger partial charge in [-0.1, -0.05) is 23.4 Å². The Labute approximate surface area is 147 Å². The van der Waals surface area contributed by atoms with Crippen LogP contribution in [0, 0.1) is 0 Å². The molecule has 0 spiro atoms. The van der Waals surface area contributed by atoms with Crippen LogP contribution in [0.2, 0.25) is 5.02 Å². The lowest BCUT2D eigenvalue weighted by molar-refractivity contribution is 0.171. The normalized spacial score (nSPS) is 13.0. The van der Waals surface area contributed by atoms with E-state index in [0.29, 0.717) is 46.6 Å². The van der Waals surface area contributed by atoms with E-state index in [4.69, 9.17) is 25.5 Å². The van der Waals surface area contributed by atoms with Gasteiger partial charge < -0.3 is 13.9 Å². The third-order valence-electron chi connectivity index (χ3n) is 3.33. The molecule has 0 unspecified atom stereocenters. The van der Waals surface area contributed by atoms with Gasteiger partial charge in [-0.25, -0.2) is 0 Å². The van der Waals surface area contributed by atoms with Gasteiger partial charge in [0.15, 0.2) is 11.5 Å². The van der Waals surface area contributed by atoms with Crippen LogP contribution in [0.3, 0.4) is 0 Å². The number of nitrogens with zero attached hydrogens (tertiary/aromatic N) is 3. The number of benzene rings is 1. The Morgan fingerprint density at radius 1 is 1.17 bits per heavy atom. The van der Waals surface area contributed by atoms with Gasteiger partial charge in [-0.05, 0) is 29.8 Å². The summed E-state index contributed by atoms with van der Waals surface area (Å²) in [7, 11) is 0. The van der Waals surface area contributed by atoms with Crippen molar-refractivity contribution in [2.75, 3.05) is 13.2 Å². The lowest BCUT2D eigenvalue weighted by Crippen LogP contribution is -2.15. The molecule has 1 aromatic carbocycles. The predicted octanol–water partition coefficient (Wildman–Crippen LogP) is 3.85. The molecule has 0 radical (unpaired) electrons. The molecule has 0 saturated heterocycles.